The first-order valence-electron chi connectivity index (χ1n) is 8.48. The minimum absolute atomic E-state index is 0.0673. The lowest BCUT2D eigenvalue weighted by Gasteiger charge is -2.36. The van der Waals surface area contributed by atoms with E-state index in [2.05, 4.69) is 42.0 Å². The Balaban J connectivity index is 1.74. The van der Waals surface area contributed by atoms with E-state index in [1.165, 1.54) is 0 Å². The second-order valence-electron chi connectivity index (χ2n) is 7.58. The SMILES string of the molecule is CC(C)(C)C1CCC(C(=O)OCC(=O)Nc2cccc(Br)c2)CC1. The van der Waals surface area contributed by atoms with Gasteiger partial charge in [-0.05, 0) is 55.2 Å². The van der Waals surface area contributed by atoms with E-state index in [0.29, 0.717) is 17.0 Å². The second kappa shape index (κ2) is 8.15. The molecule has 132 valence electrons. The molecule has 1 aromatic carbocycles. The van der Waals surface area contributed by atoms with Crippen LogP contribution in [0.4, 0.5) is 5.69 Å². The monoisotopic (exact) mass is 395 g/mol. The molecule has 0 heterocycles. The third-order valence-corrected chi connectivity index (χ3v) is 5.23. The molecule has 0 aromatic heterocycles. The van der Waals surface area contributed by atoms with Crippen LogP contribution in [0.3, 0.4) is 0 Å². The minimum atomic E-state index is -0.315. The van der Waals surface area contributed by atoms with Crippen molar-refractivity contribution in [3.05, 3.63) is 28.7 Å². The Kier molecular flexibility index (Phi) is 6.44. The number of hydrogen-bond donors (Lipinski definition) is 1. The minimum Gasteiger partial charge on any atom is -0.455 e. The zero-order valence-corrected chi connectivity index (χ0v) is 16.2. The predicted octanol–water partition coefficient (Wildman–Crippen LogP) is 4.78. The fourth-order valence-electron chi connectivity index (χ4n) is 3.21. The summed E-state index contributed by atoms with van der Waals surface area (Å²) < 4.78 is 6.09. The molecule has 2 rings (SSSR count). The number of carbonyl (C=O) groups excluding carboxylic acids is 2. The van der Waals surface area contributed by atoms with Gasteiger partial charge in [0.15, 0.2) is 6.61 Å². The van der Waals surface area contributed by atoms with Crippen molar-refractivity contribution in [1.29, 1.82) is 0 Å². The molecule has 1 N–H and O–H groups in total. The van der Waals surface area contributed by atoms with Gasteiger partial charge in [-0.15, -0.1) is 0 Å². The first-order valence-corrected chi connectivity index (χ1v) is 9.27. The third-order valence-electron chi connectivity index (χ3n) is 4.74. The lowest BCUT2D eigenvalue weighted by molar-refractivity contribution is -0.153. The van der Waals surface area contributed by atoms with Crippen molar-refractivity contribution >= 4 is 33.5 Å². The van der Waals surface area contributed by atoms with E-state index in [1.54, 1.807) is 12.1 Å². The number of amides is 1. The predicted molar refractivity (Wildman–Crippen MR) is 98.6 cm³/mol. The van der Waals surface area contributed by atoms with Crippen LogP contribution in [-0.2, 0) is 14.3 Å². The molecule has 24 heavy (non-hydrogen) atoms. The highest BCUT2D eigenvalue weighted by Gasteiger charge is 2.33. The van der Waals surface area contributed by atoms with Crippen LogP contribution in [0.2, 0.25) is 0 Å². The molecule has 0 atom stereocenters. The van der Waals surface area contributed by atoms with E-state index < -0.39 is 0 Å². The van der Waals surface area contributed by atoms with Crippen molar-refractivity contribution in [2.45, 2.75) is 46.5 Å². The number of anilines is 1. The van der Waals surface area contributed by atoms with Gasteiger partial charge in [-0.2, -0.15) is 0 Å². The van der Waals surface area contributed by atoms with Gasteiger partial charge in [-0.3, -0.25) is 9.59 Å². The van der Waals surface area contributed by atoms with Crippen LogP contribution in [0.25, 0.3) is 0 Å². The summed E-state index contributed by atoms with van der Waals surface area (Å²) in [5.74, 6) is 0.0280. The van der Waals surface area contributed by atoms with E-state index in [0.717, 1.165) is 30.2 Å². The number of rotatable bonds is 4. The summed E-state index contributed by atoms with van der Waals surface area (Å²) in [5, 5.41) is 2.72. The normalized spacial score (nSPS) is 21.2. The Hall–Kier alpha value is -1.36. The topological polar surface area (TPSA) is 55.4 Å². The van der Waals surface area contributed by atoms with Crippen molar-refractivity contribution in [3.63, 3.8) is 0 Å². The number of ether oxygens (including phenoxy) is 1. The number of halogens is 1. The van der Waals surface area contributed by atoms with Gasteiger partial charge in [0, 0.05) is 10.2 Å². The molecule has 0 aliphatic heterocycles. The largest absolute Gasteiger partial charge is 0.455 e. The highest BCUT2D eigenvalue weighted by Crippen LogP contribution is 2.40. The van der Waals surface area contributed by atoms with Crippen LogP contribution >= 0.6 is 15.9 Å². The molecule has 1 amide bonds. The van der Waals surface area contributed by atoms with Crippen LogP contribution in [0.5, 0.6) is 0 Å². The molecule has 1 aliphatic rings. The fraction of sp³-hybridized carbons (Fsp3) is 0.579. The first kappa shape index (κ1) is 19.0. The molecule has 0 bridgehead atoms. The summed E-state index contributed by atoms with van der Waals surface area (Å²) in [7, 11) is 0. The first-order chi connectivity index (χ1) is 11.3. The number of carbonyl (C=O) groups is 2. The zero-order chi connectivity index (χ0) is 17.7. The Morgan fingerprint density at radius 2 is 1.88 bits per heavy atom. The van der Waals surface area contributed by atoms with Gasteiger partial charge in [0.05, 0.1) is 5.92 Å². The average Bonchev–Trinajstić information content (AvgIpc) is 2.52. The van der Waals surface area contributed by atoms with E-state index in [-0.39, 0.29) is 24.4 Å². The lowest BCUT2D eigenvalue weighted by atomic mass is 9.70. The van der Waals surface area contributed by atoms with E-state index in [9.17, 15) is 9.59 Å². The van der Waals surface area contributed by atoms with E-state index >= 15 is 0 Å². The molecule has 5 heteroatoms. The van der Waals surface area contributed by atoms with Gasteiger partial charge >= 0.3 is 5.97 Å². The van der Waals surface area contributed by atoms with Gasteiger partial charge in [-0.1, -0.05) is 42.8 Å². The smallest absolute Gasteiger partial charge is 0.309 e. The maximum Gasteiger partial charge on any atom is 0.309 e. The molecule has 4 nitrogen and oxygen atoms in total. The van der Waals surface area contributed by atoms with Gasteiger partial charge < -0.3 is 10.1 Å². The summed E-state index contributed by atoms with van der Waals surface area (Å²) in [5.41, 5.74) is 0.967. The second-order valence-corrected chi connectivity index (χ2v) is 8.50. The fourth-order valence-corrected chi connectivity index (χ4v) is 3.61. The quantitative estimate of drug-likeness (QED) is 0.745. The number of hydrogen-bond acceptors (Lipinski definition) is 3. The molecular formula is C19H26BrNO3. The Morgan fingerprint density at radius 1 is 1.21 bits per heavy atom. The van der Waals surface area contributed by atoms with E-state index in [1.807, 2.05) is 12.1 Å². The molecule has 0 unspecified atom stereocenters. The lowest BCUT2D eigenvalue weighted by Crippen LogP contribution is -2.31. The summed E-state index contributed by atoms with van der Waals surface area (Å²) in [4.78, 5) is 24.0. The molecule has 0 radical (unpaired) electrons. The molecule has 1 fully saturated rings. The third kappa shape index (κ3) is 5.62. The molecule has 1 aromatic rings. The molecular weight excluding hydrogens is 370 g/mol. The van der Waals surface area contributed by atoms with Gasteiger partial charge in [0.2, 0.25) is 0 Å². The van der Waals surface area contributed by atoms with Gasteiger partial charge in [0.1, 0.15) is 0 Å². The van der Waals surface area contributed by atoms with Crippen LogP contribution in [-0.4, -0.2) is 18.5 Å². The van der Waals surface area contributed by atoms with Crippen LogP contribution in [0.1, 0.15) is 46.5 Å². The van der Waals surface area contributed by atoms with Crippen LogP contribution < -0.4 is 5.32 Å². The highest BCUT2D eigenvalue weighted by atomic mass is 79.9. The number of esters is 1. The maximum absolute atomic E-state index is 12.2. The number of nitrogens with one attached hydrogen (secondary N) is 1. The van der Waals surface area contributed by atoms with E-state index in [4.69, 9.17) is 4.74 Å². The van der Waals surface area contributed by atoms with Crippen LogP contribution in [0.15, 0.2) is 28.7 Å². The molecule has 1 saturated carbocycles. The van der Waals surface area contributed by atoms with Crippen molar-refractivity contribution in [2.24, 2.45) is 17.3 Å². The molecule has 0 spiro atoms. The van der Waals surface area contributed by atoms with Crippen molar-refractivity contribution < 1.29 is 14.3 Å². The van der Waals surface area contributed by atoms with Crippen LogP contribution in [0, 0.1) is 17.3 Å². The molecule has 1 aliphatic carbocycles. The summed E-state index contributed by atoms with van der Waals surface area (Å²) >= 11 is 3.35. The highest BCUT2D eigenvalue weighted by molar-refractivity contribution is 9.10. The zero-order valence-electron chi connectivity index (χ0n) is 14.6. The Labute approximate surface area is 152 Å². The molecule has 0 saturated heterocycles. The Bertz CT molecular complexity index is 587. The standard InChI is InChI=1S/C19H26BrNO3/c1-19(2,3)14-9-7-13(8-10-14)18(23)24-12-17(22)21-16-6-4-5-15(20)11-16/h4-6,11,13-14H,7-10,12H2,1-3H3,(H,21,22). The Morgan fingerprint density at radius 3 is 2.46 bits per heavy atom. The summed E-state index contributed by atoms with van der Waals surface area (Å²) in [6.07, 6.45) is 3.81. The van der Waals surface area contributed by atoms with Gasteiger partial charge in [-0.25, -0.2) is 0 Å². The maximum atomic E-state index is 12.2. The van der Waals surface area contributed by atoms with Crippen molar-refractivity contribution in [2.75, 3.05) is 11.9 Å². The van der Waals surface area contributed by atoms with Gasteiger partial charge in [0.25, 0.3) is 5.91 Å². The number of benzene rings is 1. The van der Waals surface area contributed by atoms with Crippen molar-refractivity contribution in [1.82, 2.24) is 0 Å². The van der Waals surface area contributed by atoms with Crippen molar-refractivity contribution in [3.8, 4) is 0 Å². The summed E-state index contributed by atoms with van der Waals surface area (Å²) in [6, 6.07) is 7.30. The average molecular weight is 396 g/mol. The summed E-state index contributed by atoms with van der Waals surface area (Å²) in [6.45, 7) is 6.53.